The molecule has 0 radical (unpaired) electrons. The van der Waals surface area contributed by atoms with Crippen LogP contribution in [0.4, 0.5) is 32.2 Å². The first-order valence-corrected chi connectivity index (χ1v) is 8.68. The van der Waals surface area contributed by atoms with E-state index in [2.05, 4.69) is 15.2 Å². The van der Waals surface area contributed by atoms with Crippen LogP contribution in [0.15, 0.2) is 36.4 Å². The summed E-state index contributed by atoms with van der Waals surface area (Å²) in [7, 11) is 0. The van der Waals surface area contributed by atoms with Crippen LogP contribution in [-0.4, -0.2) is 44.4 Å². The van der Waals surface area contributed by atoms with E-state index in [0.29, 0.717) is 18.1 Å². The first-order chi connectivity index (χ1) is 12.6. The lowest BCUT2D eigenvalue weighted by molar-refractivity contribution is -0.833. The second-order valence-electron chi connectivity index (χ2n) is 6.11. The maximum Gasteiger partial charge on any atom is 0.411 e. The Hall–Kier alpha value is -2.33. The third-order valence-electron chi connectivity index (χ3n) is 4.43. The Labute approximate surface area is 181 Å². The summed E-state index contributed by atoms with van der Waals surface area (Å²) in [4.78, 5) is 18.2. The smallest absolute Gasteiger partial charge is 0.411 e. The highest BCUT2D eigenvalue weighted by Crippen LogP contribution is 2.17. The fourth-order valence-corrected chi connectivity index (χ4v) is 3.06. The maximum absolute atomic E-state index is 13.1. The summed E-state index contributed by atoms with van der Waals surface area (Å²) in [5, 5.41) is 2.60. The first-order valence-electron chi connectivity index (χ1n) is 8.68. The molecule has 8 nitrogen and oxygen atoms in total. The van der Waals surface area contributed by atoms with Crippen molar-refractivity contribution in [2.45, 2.75) is 6.92 Å². The number of aromatic nitrogens is 1. The molecule has 1 saturated heterocycles. The Morgan fingerprint density at radius 1 is 1.21 bits per heavy atom. The number of nitrogens with two attached hydrogens (primary N) is 1. The zero-order valence-electron chi connectivity index (χ0n) is 16.0. The predicted octanol–water partition coefficient (Wildman–Crippen LogP) is -5.99. The number of carbonyl (C=O) groups is 1. The number of hydrogen-bond donors (Lipinski definition) is 3. The van der Waals surface area contributed by atoms with Crippen LogP contribution in [0.5, 0.6) is 0 Å². The number of amides is 1. The molecule has 162 valence electrons. The van der Waals surface area contributed by atoms with Gasteiger partial charge in [-0.25, -0.2) is 14.2 Å². The number of hydrogen-bond acceptors (Lipinski definition) is 4. The number of pyridine rings is 1. The van der Waals surface area contributed by atoms with Crippen LogP contribution in [-0.2, 0) is 4.74 Å². The van der Waals surface area contributed by atoms with E-state index in [1.54, 1.807) is 13.0 Å². The van der Waals surface area contributed by atoms with Crippen LogP contribution < -0.4 is 50.6 Å². The van der Waals surface area contributed by atoms with E-state index >= 15 is 0 Å². The van der Waals surface area contributed by atoms with Crippen molar-refractivity contribution in [3.63, 3.8) is 0 Å². The minimum atomic E-state index is -0.531. The highest BCUT2D eigenvalue weighted by Gasteiger charge is 2.26. The molecule has 2 aromatic rings. The molecule has 29 heavy (non-hydrogen) atoms. The van der Waals surface area contributed by atoms with Crippen LogP contribution in [0.25, 0.3) is 0 Å². The van der Waals surface area contributed by atoms with Gasteiger partial charge in [0.2, 0.25) is 11.6 Å². The molecule has 1 aliphatic rings. The lowest BCUT2D eigenvalue weighted by Crippen LogP contribution is -3.10. The first kappa shape index (κ1) is 26.7. The predicted molar refractivity (Wildman–Crippen MR) is 101 cm³/mol. The fraction of sp³-hybridized carbons (Fsp3) is 0.333. The van der Waals surface area contributed by atoms with Gasteiger partial charge in [-0.3, -0.25) is 15.1 Å². The van der Waals surface area contributed by atoms with Gasteiger partial charge in [0.1, 0.15) is 43.4 Å². The zero-order valence-corrected chi connectivity index (χ0v) is 17.5. The molecule has 1 aromatic carbocycles. The van der Waals surface area contributed by atoms with Crippen LogP contribution in [0, 0.1) is 5.82 Å². The average molecular weight is 450 g/mol. The van der Waals surface area contributed by atoms with Gasteiger partial charge in [-0.05, 0) is 25.1 Å². The summed E-state index contributed by atoms with van der Waals surface area (Å²) in [5.41, 5.74) is 7.60. The van der Waals surface area contributed by atoms with Crippen LogP contribution >= 0.6 is 0 Å². The normalized spacial score (nSPS) is 13.4. The number of nitrogens with zero attached hydrogens (tertiary/aromatic N) is 1. The summed E-state index contributed by atoms with van der Waals surface area (Å²) >= 11 is 0. The van der Waals surface area contributed by atoms with Crippen molar-refractivity contribution in [1.29, 1.82) is 0 Å². The van der Waals surface area contributed by atoms with Crippen molar-refractivity contribution in [3.05, 3.63) is 42.2 Å². The molecule has 1 aliphatic heterocycles. The zero-order chi connectivity index (χ0) is 18.5. The van der Waals surface area contributed by atoms with E-state index < -0.39 is 6.09 Å². The summed E-state index contributed by atoms with van der Waals surface area (Å²) in [6.07, 6.45) is -0.531. The van der Waals surface area contributed by atoms with Gasteiger partial charge >= 0.3 is 6.09 Å². The highest BCUT2D eigenvalue weighted by molar-refractivity contribution is 5.87. The maximum atomic E-state index is 13.1. The fourth-order valence-electron chi connectivity index (χ4n) is 3.06. The third kappa shape index (κ3) is 6.90. The highest BCUT2D eigenvalue weighted by atomic mass is 35.5. The van der Waals surface area contributed by atoms with Gasteiger partial charge in [0.25, 0.3) is 0 Å². The minimum absolute atomic E-state index is 0. The van der Waals surface area contributed by atoms with Crippen molar-refractivity contribution < 1.29 is 54.1 Å². The SMILES string of the molecule is CCOC(=O)Nc1ccc(N2CC[NH+](c3ccc(F)cc3)CC2)[nH+]c1N.O.[Cl-].[Cl-]. The number of aromatic amines is 1. The molecule has 7 N–H and O–H groups in total. The number of piperazine rings is 1. The molecule has 1 aromatic heterocycles. The van der Waals surface area contributed by atoms with Gasteiger partial charge in [-0.15, -0.1) is 0 Å². The molecule has 1 fully saturated rings. The Morgan fingerprint density at radius 3 is 2.38 bits per heavy atom. The summed E-state index contributed by atoms with van der Waals surface area (Å²) in [6, 6.07) is 10.3. The third-order valence-corrected chi connectivity index (χ3v) is 4.43. The van der Waals surface area contributed by atoms with Crippen LogP contribution in [0.3, 0.4) is 0 Å². The number of nitrogen functional groups attached to an aromatic ring is 1. The largest absolute Gasteiger partial charge is 1.00 e. The van der Waals surface area contributed by atoms with Crippen LogP contribution in [0.2, 0.25) is 0 Å². The average Bonchev–Trinajstić information content (AvgIpc) is 2.64. The topological polar surface area (TPSA) is 118 Å². The molecule has 0 unspecified atom stereocenters. The number of halogens is 3. The van der Waals surface area contributed by atoms with E-state index in [1.165, 1.54) is 17.0 Å². The molecule has 11 heteroatoms. The minimum Gasteiger partial charge on any atom is -1.00 e. The molecule has 0 saturated carbocycles. The Morgan fingerprint density at radius 2 is 1.83 bits per heavy atom. The number of nitrogens with one attached hydrogen (secondary N) is 3. The van der Waals surface area contributed by atoms with E-state index in [0.717, 1.165) is 37.7 Å². The van der Waals surface area contributed by atoms with Crippen molar-refractivity contribution >= 4 is 29.1 Å². The van der Waals surface area contributed by atoms with Gasteiger partial charge in [-0.1, -0.05) is 0 Å². The molecule has 1 amide bonds. The monoisotopic (exact) mass is 449 g/mol. The number of H-pyrrole nitrogens is 1. The molecule has 0 bridgehead atoms. The van der Waals surface area contributed by atoms with Gasteiger partial charge in [0, 0.05) is 18.2 Å². The second kappa shape index (κ2) is 12.3. The molecule has 2 heterocycles. The number of rotatable bonds is 4. The van der Waals surface area contributed by atoms with Gasteiger partial charge in [-0.2, -0.15) is 0 Å². The van der Waals surface area contributed by atoms with Crippen molar-refractivity contribution in [2.24, 2.45) is 0 Å². The van der Waals surface area contributed by atoms with Crippen LogP contribution in [0.1, 0.15) is 6.92 Å². The lowest BCUT2D eigenvalue weighted by Gasteiger charge is -2.29. The lowest BCUT2D eigenvalue weighted by atomic mass is 10.2. The number of benzene rings is 1. The number of carbonyl (C=O) groups excluding carboxylic acids is 1. The van der Waals surface area contributed by atoms with E-state index in [9.17, 15) is 9.18 Å². The second-order valence-corrected chi connectivity index (χ2v) is 6.11. The standard InChI is InChI=1S/C18H22FN5O2.2ClH.H2O/c1-2-26-18(25)21-15-7-8-16(22-17(15)20)24-11-9-23(10-12-24)14-5-3-13(19)4-6-14;;;/h3-8H,2,9-12H2,1H3,(H2,20,22)(H,21,25);2*1H;1H2. The molecular weight excluding hydrogens is 424 g/mol. The van der Waals surface area contributed by atoms with Gasteiger partial charge in [0.05, 0.1) is 6.61 Å². The molecular formula is C18H26Cl2FN5O3. The Bertz CT molecular complexity index is 775. The quantitative estimate of drug-likeness (QED) is 0.430. The summed E-state index contributed by atoms with van der Waals surface area (Å²) in [6.45, 7) is 5.53. The van der Waals surface area contributed by atoms with Crippen molar-refractivity contribution in [3.8, 4) is 0 Å². The van der Waals surface area contributed by atoms with Crippen molar-refractivity contribution in [1.82, 2.24) is 0 Å². The number of ether oxygens (including phenoxy) is 1. The molecule has 0 spiro atoms. The molecule has 0 aliphatic carbocycles. The Balaban J connectivity index is 0.00000261. The summed E-state index contributed by atoms with van der Waals surface area (Å²) < 4.78 is 17.9. The number of quaternary nitrogens is 1. The van der Waals surface area contributed by atoms with Crippen molar-refractivity contribution in [2.75, 3.05) is 48.7 Å². The van der Waals surface area contributed by atoms with Gasteiger partial charge < -0.3 is 40.8 Å². The molecule has 3 rings (SSSR count). The van der Waals surface area contributed by atoms with Gasteiger partial charge in [0.15, 0.2) is 0 Å². The van der Waals surface area contributed by atoms with E-state index in [-0.39, 0.29) is 36.1 Å². The Kier molecular flexibility index (Phi) is 11.3. The summed E-state index contributed by atoms with van der Waals surface area (Å²) in [5.74, 6) is 1.06. The number of anilines is 3. The van der Waals surface area contributed by atoms with E-state index in [1.807, 2.05) is 18.2 Å². The van der Waals surface area contributed by atoms with E-state index in [4.69, 9.17) is 10.5 Å². The molecule has 0 atom stereocenters.